The number of hydrogen-bond donors (Lipinski definition) is 2. The lowest BCUT2D eigenvalue weighted by atomic mass is 10.1. The zero-order chi connectivity index (χ0) is 15.4. The molecular weight excluding hydrogens is 336 g/mol. The Kier molecular flexibility index (Phi) is 4.45. The van der Waals surface area contributed by atoms with Gasteiger partial charge in [-0.1, -0.05) is 36.4 Å². The summed E-state index contributed by atoms with van der Waals surface area (Å²) in [7, 11) is 0. The second-order valence-electron chi connectivity index (χ2n) is 5.13. The van der Waals surface area contributed by atoms with Crippen LogP contribution in [-0.2, 0) is 0 Å². The molecule has 0 bridgehead atoms. The first-order chi connectivity index (χ1) is 10.7. The molecule has 3 rings (SSSR count). The maximum Gasteiger partial charge on any atom is 0.0532 e. The van der Waals surface area contributed by atoms with Crippen LogP contribution in [0.25, 0.3) is 0 Å². The summed E-state index contributed by atoms with van der Waals surface area (Å²) >= 11 is 3.65. The van der Waals surface area contributed by atoms with E-state index >= 15 is 0 Å². The molecule has 3 heteroatoms. The molecule has 0 spiro atoms. The van der Waals surface area contributed by atoms with Crippen molar-refractivity contribution >= 4 is 38.7 Å². The number of halogens is 1. The molecule has 2 nitrogen and oxygen atoms in total. The van der Waals surface area contributed by atoms with Crippen molar-refractivity contribution in [2.45, 2.75) is 6.92 Å². The number of anilines is 4. The molecule has 2 N–H and O–H groups in total. The van der Waals surface area contributed by atoms with Crippen LogP contribution in [0.4, 0.5) is 22.7 Å². The first-order valence-electron chi connectivity index (χ1n) is 7.17. The van der Waals surface area contributed by atoms with Crippen LogP contribution in [0.3, 0.4) is 0 Å². The maximum absolute atomic E-state index is 3.65. The van der Waals surface area contributed by atoms with Crippen LogP contribution in [0.1, 0.15) is 5.56 Å². The van der Waals surface area contributed by atoms with Gasteiger partial charge in [-0.3, -0.25) is 0 Å². The monoisotopic (exact) mass is 352 g/mol. The van der Waals surface area contributed by atoms with Crippen LogP contribution in [0.2, 0.25) is 0 Å². The van der Waals surface area contributed by atoms with Gasteiger partial charge in [0.1, 0.15) is 0 Å². The molecule has 0 aromatic heterocycles. The largest absolute Gasteiger partial charge is 0.355 e. The number of nitrogens with one attached hydrogen (secondary N) is 2. The zero-order valence-corrected chi connectivity index (χ0v) is 13.9. The van der Waals surface area contributed by atoms with Crippen LogP contribution in [-0.4, -0.2) is 0 Å². The van der Waals surface area contributed by atoms with E-state index in [2.05, 4.69) is 69.9 Å². The van der Waals surface area contributed by atoms with Crippen molar-refractivity contribution in [1.29, 1.82) is 0 Å². The van der Waals surface area contributed by atoms with Crippen molar-refractivity contribution in [2.75, 3.05) is 10.6 Å². The molecule has 0 aliphatic carbocycles. The molecule has 0 atom stereocenters. The molecule has 0 aliphatic heterocycles. The Morgan fingerprint density at radius 2 is 1.18 bits per heavy atom. The molecule has 0 saturated carbocycles. The highest BCUT2D eigenvalue weighted by atomic mass is 79.9. The molecule has 0 amide bonds. The summed E-state index contributed by atoms with van der Waals surface area (Å²) < 4.78 is 1.03. The summed E-state index contributed by atoms with van der Waals surface area (Å²) in [5.74, 6) is 0. The fourth-order valence-electron chi connectivity index (χ4n) is 2.27. The van der Waals surface area contributed by atoms with Gasteiger partial charge in [-0.25, -0.2) is 0 Å². The molecule has 0 heterocycles. The van der Waals surface area contributed by atoms with Crippen molar-refractivity contribution < 1.29 is 0 Å². The second kappa shape index (κ2) is 6.67. The van der Waals surface area contributed by atoms with Crippen LogP contribution in [0.5, 0.6) is 0 Å². The Balaban J connectivity index is 1.85. The van der Waals surface area contributed by atoms with Crippen molar-refractivity contribution in [3.05, 3.63) is 82.8 Å². The lowest BCUT2D eigenvalue weighted by molar-refractivity contribution is 1.40. The first-order valence-corrected chi connectivity index (χ1v) is 7.96. The summed E-state index contributed by atoms with van der Waals surface area (Å²) in [6.07, 6.45) is 0. The van der Waals surface area contributed by atoms with E-state index in [1.807, 2.05) is 36.4 Å². The van der Waals surface area contributed by atoms with Crippen LogP contribution < -0.4 is 10.6 Å². The van der Waals surface area contributed by atoms with Gasteiger partial charge in [0, 0.05) is 21.5 Å². The van der Waals surface area contributed by atoms with E-state index in [1.165, 1.54) is 5.56 Å². The van der Waals surface area contributed by atoms with E-state index in [4.69, 9.17) is 0 Å². The van der Waals surface area contributed by atoms with Gasteiger partial charge in [0.25, 0.3) is 0 Å². The van der Waals surface area contributed by atoms with Crippen molar-refractivity contribution in [3.63, 3.8) is 0 Å². The van der Waals surface area contributed by atoms with Crippen LogP contribution in [0, 0.1) is 6.92 Å². The highest BCUT2D eigenvalue weighted by molar-refractivity contribution is 9.10. The maximum atomic E-state index is 3.65. The molecule has 0 saturated heterocycles. The Morgan fingerprint density at radius 3 is 1.73 bits per heavy atom. The SMILES string of the molecule is Cc1cc(Nc2ccccc2)c(Br)cc1Nc1ccccc1. The fraction of sp³-hybridized carbons (Fsp3) is 0.0526. The molecule has 0 aliphatic rings. The summed E-state index contributed by atoms with van der Waals surface area (Å²) in [4.78, 5) is 0. The molecular formula is C19H17BrN2. The molecule has 3 aromatic carbocycles. The summed E-state index contributed by atoms with van der Waals surface area (Å²) in [5.41, 5.74) is 5.50. The normalized spacial score (nSPS) is 10.3. The topological polar surface area (TPSA) is 24.1 Å². The summed E-state index contributed by atoms with van der Waals surface area (Å²) in [6, 6.07) is 24.6. The third-order valence-corrected chi connectivity index (χ3v) is 4.08. The minimum Gasteiger partial charge on any atom is -0.355 e. The smallest absolute Gasteiger partial charge is 0.0532 e. The average Bonchev–Trinajstić information content (AvgIpc) is 2.54. The van der Waals surface area contributed by atoms with E-state index in [0.717, 1.165) is 27.2 Å². The van der Waals surface area contributed by atoms with E-state index in [9.17, 15) is 0 Å². The third kappa shape index (κ3) is 3.49. The Labute approximate surface area is 139 Å². The third-order valence-electron chi connectivity index (χ3n) is 3.42. The van der Waals surface area contributed by atoms with Gasteiger partial charge in [-0.15, -0.1) is 0 Å². The predicted octanol–water partition coefficient (Wildman–Crippen LogP) is 6.24. The van der Waals surface area contributed by atoms with Gasteiger partial charge < -0.3 is 10.6 Å². The Bertz CT molecular complexity index is 688. The van der Waals surface area contributed by atoms with E-state index in [1.54, 1.807) is 0 Å². The highest BCUT2D eigenvalue weighted by Gasteiger charge is 2.06. The number of benzene rings is 3. The van der Waals surface area contributed by atoms with Crippen molar-refractivity contribution in [2.24, 2.45) is 0 Å². The number of hydrogen-bond acceptors (Lipinski definition) is 2. The zero-order valence-electron chi connectivity index (χ0n) is 12.3. The summed E-state index contributed by atoms with van der Waals surface area (Å²) in [5, 5.41) is 6.88. The van der Waals surface area contributed by atoms with Crippen LogP contribution >= 0.6 is 15.9 Å². The minimum atomic E-state index is 1.03. The van der Waals surface area contributed by atoms with Crippen LogP contribution in [0.15, 0.2) is 77.3 Å². The number of para-hydroxylation sites is 2. The van der Waals surface area contributed by atoms with E-state index in [-0.39, 0.29) is 0 Å². The number of rotatable bonds is 4. The van der Waals surface area contributed by atoms with Crippen molar-refractivity contribution in [1.82, 2.24) is 0 Å². The molecule has 110 valence electrons. The second-order valence-corrected chi connectivity index (χ2v) is 5.98. The molecule has 0 unspecified atom stereocenters. The lowest BCUT2D eigenvalue weighted by Gasteiger charge is -2.14. The van der Waals surface area contributed by atoms with Gasteiger partial charge >= 0.3 is 0 Å². The lowest BCUT2D eigenvalue weighted by Crippen LogP contribution is -1.97. The fourth-order valence-corrected chi connectivity index (χ4v) is 2.71. The first kappa shape index (κ1) is 14.7. The van der Waals surface area contributed by atoms with E-state index in [0.29, 0.717) is 0 Å². The van der Waals surface area contributed by atoms with Gasteiger partial charge in [-0.05, 0) is 64.8 Å². The van der Waals surface area contributed by atoms with Gasteiger partial charge in [0.2, 0.25) is 0 Å². The van der Waals surface area contributed by atoms with Gasteiger partial charge in [0.05, 0.1) is 5.69 Å². The van der Waals surface area contributed by atoms with Gasteiger partial charge in [-0.2, -0.15) is 0 Å². The molecule has 3 aromatic rings. The standard InChI is InChI=1S/C19H17BrN2/c1-14-12-19(22-16-10-6-3-7-11-16)17(20)13-18(14)21-15-8-4-2-5-9-15/h2-13,21-22H,1H3. The number of aryl methyl sites for hydroxylation is 1. The quantitative estimate of drug-likeness (QED) is 0.580. The van der Waals surface area contributed by atoms with E-state index < -0.39 is 0 Å². The average molecular weight is 353 g/mol. The molecule has 22 heavy (non-hydrogen) atoms. The Morgan fingerprint density at radius 1 is 0.682 bits per heavy atom. The predicted molar refractivity (Wildman–Crippen MR) is 98.3 cm³/mol. The molecule has 0 fully saturated rings. The van der Waals surface area contributed by atoms with Crippen molar-refractivity contribution in [3.8, 4) is 0 Å². The summed E-state index contributed by atoms with van der Waals surface area (Å²) in [6.45, 7) is 2.11. The Hall–Kier alpha value is -2.26. The minimum absolute atomic E-state index is 1.03. The van der Waals surface area contributed by atoms with Gasteiger partial charge in [0.15, 0.2) is 0 Å². The highest BCUT2D eigenvalue weighted by Crippen LogP contribution is 2.32. The molecule has 0 radical (unpaired) electrons.